The first-order valence-corrected chi connectivity index (χ1v) is 22.8. The lowest BCUT2D eigenvalue weighted by molar-refractivity contribution is 0.660. The largest absolute Gasteiger partial charge is 0.0619 e. The molecule has 0 unspecified atom stereocenters. The van der Waals surface area contributed by atoms with Gasteiger partial charge < -0.3 is 0 Å². The van der Waals surface area contributed by atoms with Gasteiger partial charge in [0.25, 0.3) is 0 Å². The summed E-state index contributed by atoms with van der Waals surface area (Å²) in [6, 6.07) is 86.0. The number of hydrogen-bond donors (Lipinski definition) is 0. The third-order valence-electron chi connectivity index (χ3n) is 14.4. The maximum atomic E-state index is 2.47. The van der Waals surface area contributed by atoms with Gasteiger partial charge in [0.2, 0.25) is 0 Å². The summed E-state index contributed by atoms with van der Waals surface area (Å²) < 4.78 is 0. The molecule has 0 saturated heterocycles. The van der Waals surface area contributed by atoms with Gasteiger partial charge in [-0.15, -0.1) is 0 Å². The molecule has 0 N–H and O–H groups in total. The zero-order valence-electron chi connectivity index (χ0n) is 36.4. The standard InChI is InChI=1S/C65H44/c1-65(2)59-29-14-13-20-49(59)50-37-36-48(40-60(50)65)64-57-27-11-7-23-53(57)62(54-24-8-12-28-58(54)64)43-33-31-42(32-34-43)61-51-21-5-9-25-55(51)63(56-26-10-6-22-52(56)61)47-19-15-18-45(39-47)46-35-30-41-16-3-4-17-44(41)38-46/h3-40H,1-2H3. The van der Waals surface area contributed by atoms with Gasteiger partial charge in [0.15, 0.2) is 0 Å². The molecule has 0 fully saturated rings. The summed E-state index contributed by atoms with van der Waals surface area (Å²) in [5.41, 5.74) is 17.9. The van der Waals surface area contributed by atoms with Crippen LogP contribution in [0.1, 0.15) is 25.0 Å². The van der Waals surface area contributed by atoms with E-state index in [4.69, 9.17) is 0 Å². The van der Waals surface area contributed by atoms with Crippen molar-refractivity contribution in [3.63, 3.8) is 0 Å². The lowest BCUT2D eigenvalue weighted by Gasteiger charge is -2.23. The van der Waals surface area contributed by atoms with E-state index in [1.807, 2.05) is 0 Å². The number of hydrogen-bond acceptors (Lipinski definition) is 0. The molecule has 0 heteroatoms. The molecule has 1 aliphatic carbocycles. The van der Waals surface area contributed by atoms with Crippen molar-refractivity contribution in [3.8, 4) is 66.8 Å². The third kappa shape index (κ3) is 5.77. The van der Waals surface area contributed by atoms with E-state index < -0.39 is 0 Å². The van der Waals surface area contributed by atoms with Crippen LogP contribution in [0.3, 0.4) is 0 Å². The van der Waals surface area contributed by atoms with Crippen LogP contribution in [0.15, 0.2) is 231 Å². The molecular weight excluding hydrogens is 781 g/mol. The Morgan fingerprint density at radius 1 is 0.231 bits per heavy atom. The van der Waals surface area contributed by atoms with E-state index >= 15 is 0 Å². The zero-order chi connectivity index (χ0) is 43.2. The van der Waals surface area contributed by atoms with E-state index in [2.05, 4.69) is 244 Å². The fourth-order valence-corrected chi connectivity index (χ4v) is 11.4. The molecule has 0 aliphatic heterocycles. The lowest BCUT2D eigenvalue weighted by atomic mass is 9.80. The smallest absolute Gasteiger partial charge is 0.0159 e. The van der Waals surface area contributed by atoms with Gasteiger partial charge in [0, 0.05) is 5.41 Å². The van der Waals surface area contributed by atoms with Crippen molar-refractivity contribution in [3.05, 3.63) is 242 Å². The van der Waals surface area contributed by atoms with Crippen LogP contribution in [0.4, 0.5) is 0 Å². The Morgan fingerprint density at radius 2 is 0.600 bits per heavy atom. The molecule has 12 aromatic carbocycles. The first kappa shape index (κ1) is 37.5. The predicted molar refractivity (Wildman–Crippen MR) is 279 cm³/mol. The van der Waals surface area contributed by atoms with Crippen molar-refractivity contribution in [1.82, 2.24) is 0 Å². The van der Waals surface area contributed by atoms with Crippen LogP contribution < -0.4 is 0 Å². The Labute approximate surface area is 379 Å². The Hall–Kier alpha value is -8.06. The van der Waals surface area contributed by atoms with Crippen molar-refractivity contribution in [2.75, 3.05) is 0 Å². The molecule has 65 heavy (non-hydrogen) atoms. The van der Waals surface area contributed by atoms with E-state index in [9.17, 15) is 0 Å². The molecule has 0 nitrogen and oxygen atoms in total. The van der Waals surface area contributed by atoms with Gasteiger partial charge >= 0.3 is 0 Å². The Balaban J connectivity index is 0.953. The second-order valence-electron chi connectivity index (χ2n) is 18.3. The van der Waals surface area contributed by atoms with Gasteiger partial charge in [0.1, 0.15) is 0 Å². The summed E-state index contributed by atoms with van der Waals surface area (Å²) in [7, 11) is 0. The van der Waals surface area contributed by atoms with Gasteiger partial charge in [-0.2, -0.15) is 0 Å². The average Bonchev–Trinajstić information content (AvgIpc) is 3.59. The molecule has 0 amide bonds. The highest BCUT2D eigenvalue weighted by Crippen LogP contribution is 2.52. The Bertz CT molecular complexity index is 3790. The third-order valence-corrected chi connectivity index (χ3v) is 14.4. The summed E-state index contributed by atoms with van der Waals surface area (Å²) in [6.45, 7) is 4.74. The van der Waals surface area contributed by atoms with Crippen LogP contribution in [-0.4, -0.2) is 0 Å². The average molecular weight is 825 g/mol. The first-order chi connectivity index (χ1) is 32.0. The molecule has 1 aliphatic rings. The van der Waals surface area contributed by atoms with Crippen LogP contribution in [0.2, 0.25) is 0 Å². The summed E-state index contributed by atoms with van der Waals surface area (Å²) >= 11 is 0. The number of fused-ring (bicyclic) bond motifs is 8. The molecular formula is C65H44. The second kappa shape index (κ2) is 14.5. The topological polar surface area (TPSA) is 0 Å². The van der Waals surface area contributed by atoms with Gasteiger partial charge in [-0.3, -0.25) is 0 Å². The SMILES string of the molecule is CC1(C)c2ccccc2-c2ccc(-c3c4ccccc4c(-c4ccc(-c5c6ccccc6c(-c6cccc(-c7ccc8ccccc8c7)c6)c6ccccc56)cc4)c4ccccc34)cc21. The van der Waals surface area contributed by atoms with Crippen LogP contribution in [0.5, 0.6) is 0 Å². The molecule has 304 valence electrons. The summed E-state index contributed by atoms with van der Waals surface area (Å²) in [5, 5.41) is 12.6. The molecule has 0 radical (unpaired) electrons. The molecule has 0 atom stereocenters. The molecule has 0 heterocycles. The van der Waals surface area contributed by atoms with E-state index in [1.54, 1.807) is 0 Å². The highest BCUT2D eigenvalue weighted by atomic mass is 14.4. The van der Waals surface area contributed by atoms with Crippen molar-refractivity contribution in [2.24, 2.45) is 0 Å². The summed E-state index contributed by atoms with van der Waals surface area (Å²) in [5.74, 6) is 0. The maximum Gasteiger partial charge on any atom is 0.0159 e. The van der Waals surface area contributed by atoms with Crippen LogP contribution in [0.25, 0.3) is 121 Å². The quantitative estimate of drug-likeness (QED) is 0.152. The van der Waals surface area contributed by atoms with Gasteiger partial charge in [0.05, 0.1) is 0 Å². The second-order valence-corrected chi connectivity index (χ2v) is 18.3. The fourth-order valence-electron chi connectivity index (χ4n) is 11.4. The van der Waals surface area contributed by atoms with Crippen LogP contribution in [-0.2, 0) is 5.41 Å². The minimum atomic E-state index is -0.0737. The van der Waals surface area contributed by atoms with Gasteiger partial charge in [-0.25, -0.2) is 0 Å². The molecule has 0 aromatic heterocycles. The zero-order valence-corrected chi connectivity index (χ0v) is 36.4. The van der Waals surface area contributed by atoms with E-state index in [0.29, 0.717) is 0 Å². The lowest BCUT2D eigenvalue weighted by Crippen LogP contribution is -2.14. The van der Waals surface area contributed by atoms with Crippen molar-refractivity contribution in [1.29, 1.82) is 0 Å². The molecule has 12 aromatic rings. The Kier molecular flexibility index (Phi) is 8.36. The highest BCUT2D eigenvalue weighted by molar-refractivity contribution is 6.23. The van der Waals surface area contributed by atoms with E-state index in [-0.39, 0.29) is 5.41 Å². The minimum Gasteiger partial charge on any atom is -0.0619 e. The predicted octanol–water partition coefficient (Wildman–Crippen LogP) is 18.1. The van der Waals surface area contributed by atoms with Gasteiger partial charge in [-0.1, -0.05) is 226 Å². The maximum absolute atomic E-state index is 2.47. The molecule has 13 rings (SSSR count). The molecule has 0 saturated carbocycles. The highest BCUT2D eigenvalue weighted by Gasteiger charge is 2.35. The molecule has 0 spiro atoms. The van der Waals surface area contributed by atoms with Crippen LogP contribution in [0, 0.1) is 0 Å². The van der Waals surface area contributed by atoms with Gasteiger partial charge in [-0.05, 0) is 150 Å². The van der Waals surface area contributed by atoms with Crippen molar-refractivity contribution >= 4 is 53.9 Å². The number of rotatable bonds is 5. The summed E-state index contributed by atoms with van der Waals surface area (Å²) in [6.07, 6.45) is 0. The monoisotopic (exact) mass is 824 g/mol. The minimum absolute atomic E-state index is 0.0737. The van der Waals surface area contributed by atoms with Crippen molar-refractivity contribution in [2.45, 2.75) is 19.3 Å². The van der Waals surface area contributed by atoms with Crippen molar-refractivity contribution < 1.29 is 0 Å². The fraction of sp³-hybridized carbons (Fsp3) is 0.0462. The van der Waals surface area contributed by atoms with E-state index in [0.717, 1.165) is 0 Å². The first-order valence-electron chi connectivity index (χ1n) is 22.8. The Morgan fingerprint density at radius 3 is 1.14 bits per heavy atom. The van der Waals surface area contributed by atoms with Crippen LogP contribution >= 0.6 is 0 Å². The molecule has 0 bridgehead atoms. The normalized spacial score (nSPS) is 12.9. The summed E-state index contributed by atoms with van der Waals surface area (Å²) in [4.78, 5) is 0. The number of benzene rings is 12. The van der Waals surface area contributed by atoms with E-state index in [1.165, 1.54) is 132 Å².